The quantitative estimate of drug-likeness (QED) is 0.763. The maximum atomic E-state index is 5.25. The van der Waals surface area contributed by atoms with E-state index in [4.69, 9.17) is 12.2 Å². The average Bonchev–Trinajstić information content (AvgIpc) is 3.08. The molecule has 0 bridgehead atoms. The Hall–Kier alpha value is -1.73. The van der Waals surface area contributed by atoms with Gasteiger partial charge in [-0.15, -0.1) is 0 Å². The molecule has 1 fully saturated rings. The van der Waals surface area contributed by atoms with Gasteiger partial charge in [0.15, 0.2) is 0 Å². The van der Waals surface area contributed by atoms with Crippen molar-refractivity contribution < 1.29 is 0 Å². The fraction of sp³-hybridized carbons (Fsp3) is 0.263. The third kappa shape index (κ3) is 3.14. The number of thiocarbonyl (C=S) groups is 1. The van der Waals surface area contributed by atoms with Crippen LogP contribution in [0, 0.1) is 0 Å². The SMILES string of the molecule is S=C=C(c1ccccc1)C(c1ccccc1)N1CCCC1. The zero-order valence-electron chi connectivity index (χ0n) is 12.0. The first-order chi connectivity index (χ1) is 10.4. The van der Waals surface area contributed by atoms with Crippen LogP contribution in [0.25, 0.3) is 5.57 Å². The Labute approximate surface area is 131 Å². The van der Waals surface area contributed by atoms with E-state index in [9.17, 15) is 0 Å². The third-order valence-corrected chi connectivity index (χ3v) is 4.31. The van der Waals surface area contributed by atoms with Crippen LogP contribution in [0.1, 0.15) is 30.0 Å². The molecule has 2 heteroatoms. The largest absolute Gasteiger partial charge is 0.292 e. The van der Waals surface area contributed by atoms with Gasteiger partial charge in [0, 0.05) is 5.57 Å². The van der Waals surface area contributed by atoms with Gasteiger partial charge >= 0.3 is 0 Å². The second-order valence-electron chi connectivity index (χ2n) is 5.44. The van der Waals surface area contributed by atoms with Crippen LogP contribution in [0.15, 0.2) is 60.7 Å². The van der Waals surface area contributed by atoms with Crippen LogP contribution < -0.4 is 0 Å². The van der Waals surface area contributed by atoms with Crippen LogP contribution in [0.5, 0.6) is 0 Å². The van der Waals surface area contributed by atoms with E-state index in [0.29, 0.717) is 0 Å². The van der Waals surface area contributed by atoms with E-state index in [-0.39, 0.29) is 6.04 Å². The van der Waals surface area contributed by atoms with Gasteiger partial charge in [-0.05, 0) is 54.3 Å². The van der Waals surface area contributed by atoms with Gasteiger partial charge in [-0.2, -0.15) is 0 Å². The monoisotopic (exact) mass is 293 g/mol. The average molecular weight is 293 g/mol. The van der Waals surface area contributed by atoms with Gasteiger partial charge < -0.3 is 0 Å². The van der Waals surface area contributed by atoms with Crippen LogP contribution in [0.3, 0.4) is 0 Å². The molecule has 3 rings (SSSR count). The Bertz CT molecular complexity index is 623. The van der Waals surface area contributed by atoms with Gasteiger partial charge in [-0.1, -0.05) is 60.7 Å². The van der Waals surface area contributed by atoms with Crippen LogP contribution in [0.2, 0.25) is 0 Å². The van der Waals surface area contributed by atoms with Crippen molar-refractivity contribution in [2.45, 2.75) is 18.9 Å². The summed E-state index contributed by atoms with van der Waals surface area (Å²) in [7, 11) is 0. The minimum absolute atomic E-state index is 0.216. The Morgan fingerprint density at radius 3 is 2.05 bits per heavy atom. The molecule has 1 aliphatic heterocycles. The third-order valence-electron chi connectivity index (χ3n) is 4.09. The van der Waals surface area contributed by atoms with Gasteiger partial charge in [-0.3, -0.25) is 4.90 Å². The van der Waals surface area contributed by atoms with Crippen molar-refractivity contribution >= 4 is 22.8 Å². The lowest BCUT2D eigenvalue weighted by Crippen LogP contribution is -2.27. The van der Waals surface area contributed by atoms with Crippen molar-refractivity contribution in [3.05, 3.63) is 71.8 Å². The summed E-state index contributed by atoms with van der Waals surface area (Å²) >= 11 is 5.25. The highest BCUT2D eigenvalue weighted by molar-refractivity contribution is 7.78. The van der Waals surface area contributed by atoms with Crippen LogP contribution >= 0.6 is 12.2 Å². The zero-order chi connectivity index (χ0) is 14.5. The molecule has 2 aromatic rings. The molecule has 106 valence electrons. The first kappa shape index (κ1) is 14.2. The maximum absolute atomic E-state index is 5.25. The summed E-state index contributed by atoms with van der Waals surface area (Å²) in [5.74, 6) is 0. The van der Waals surface area contributed by atoms with Gasteiger partial charge in [0.1, 0.15) is 0 Å². The second kappa shape index (κ2) is 6.82. The van der Waals surface area contributed by atoms with E-state index in [2.05, 4.69) is 64.5 Å². The first-order valence-corrected chi connectivity index (χ1v) is 7.90. The molecule has 1 heterocycles. The van der Waals surface area contributed by atoms with E-state index >= 15 is 0 Å². The number of benzene rings is 2. The number of rotatable bonds is 4. The molecule has 1 nitrogen and oxygen atoms in total. The lowest BCUT2D eigenvalue weighted by atomic mass is 9.93. The van der Waals surface area contributed by atoms with E-state index < -0.39 is 0 Å². The van der Waals surface area contributed by atoms with Gasteiger partial charge in [0.25, 0.3) is 0 Å². The Morgan fingerprint density at radius 2 is 1.48 bits per heavy atom. The van der Waals surface area contributed by atoms with Crippen LogP contribution in [-0.2, 0) is 0 Å². The molecule has 0 amide bonds. The summed E-state index contributed by atoms with van der Waals surface area (Å²) in [6, 6.07) is 21.3. The van der Waals surface area contributed by atoms with Crippen molar-refractivity contribution in [1.82, 2.24) is 4.90 Å². The Kier molecular flexibility index (Phi) is 4.62. The van der Waals surface area contributed by atoms with Gasteiger partial charge in [0.2, 0.25) is 0 Å². The molecule has 1 aliphatic rings. The fourth-order valence-electron chi connectivity index (χ4n) is 3.09. The Morgan fingerprint density at radius 1 is 0.905 bits per heavy atom. The number of nitrogens with zero attached hydrogens (tertiary/aromatic N) is 1. The molecule has 21 heavy (non-hydrogen) atoms. The number of likely N-dealkylation sites (tertiary alicyclic amines) is 1. The van der Waals surface area contributed by atoms with Crippen LogP contribution in [0.4, 0.5) is 0 Å². The highest BCUT2D eigenvalue weighted by Gasteiger charge is 2.27. The standard InChI is InChI=1S/C19H19NS/c21-15-18(16-9-3-1-4-10-16)19(20-13-7-8-14-20)17-11-5-2-6-12-17/h1-6,9-12,19H,7-8,13-14H2. The van der Waals surface area contributed by atoms with Gasteiger partial charge in [-0.25, -0.2) is 0 Å². The number of hydrogen-bond donors (Lipinski definition) is 0. The normalized spacial score (nSPS) is 16.4. The Balaban J connectivity index is 2.04. The predicted molar refractivity (Wildman–Crippen MR) is 92.4 cm³/mol. The summed E-state index contributed by atoms with van der Waals surface area (Å²) in [4.78, 5) is 2.52. The van der Waals surface area contributed by atoms with Gasteiger partial charge in [0.05, 0.1) is 6.04 Å². The minimum atomic E-state index is 0.216. The molecule has 0 spiro atoms. The minimum Gasteiger partial charge on any atom is -0.292 e. The van der Waals surface area contributed by atoms with E-state index in [1.807, 2.05) is 6.07 Å². The van der Waals surface area contributed by atoms with Crippen molar-refractivity contribution in [2.75, 3.05) is 13.1 Å². The maximum Gasteiger partial charge on any atom is 0.0689 e. The van der Waals surface area contributed by atoms with Crippen LogP contribution in [-0.4, -0.2) is 23.0 Å². The molecule has 2 aromatic carbocycles. The van der Waals surface area contributed by atoms with E-state index in [0.717, 1.165) is 18.7 Å². The summed E-state index contributed by atoms with van der Waals surface area (Å²) in [5.41, 5.74) is 3.59. The molecule has 0 aliphatic carbocycles. The summed E-state index contributed by atoms with van der Waals surface area (Å²) < 4.78 is 0. The first-order valence-electron chi connectivity index (χ1n) is 7.49. The zero-order valence-corrected chi connectivity index (χ0v) is 12.9. The molecule has 0 radical (unpaired) electrons. The second-order valence-corrected chi connectivity index (χ2v) is 5.64. The van der Waals surface area contributed by atoms with E-state index in [1.54, 1.807) is 0 Å². The topological polar surface area (TPSA) is 3.24 Å². The van der Waals surface area contributed by atoms with Crippen molar-refractivity contribution in [1.29, 1.82) is 0 Å². The number of hydrogen-bond acceptors (Lipinski definition) is 2. The molecule has 0 N–H and O–H groups in total. The highest BCUT2D eigenvalue weighted by atomic mass is 32.1. The molecule has 0 saturated carbocycles. The van der Waals surface area contributed by atoms with Crippen molar-refractivity contribution in [2.24, 2.45) is 0 Å². The molecule has 1 atom stereocenters. The summed E-state index contributed by atoms with van der Waals surface area (Å²) in [6.45, 7) is 2.26. The molecule has 1 unspecified atom stereocenters. The molecular weight excluding hydrogens is 274 g/mol. The van der Waals surface area contributed by atoms with Crippen molar-refractivity contribution in [3.63, 3.8) is 0 Å². The molecular formula is C19H19NS. The summed E-state index contributed by atoms with van der Waals surface area (Å²) in [5, 5.41) is 3.05. The molecule has 0 aromatic heterocycles. The fourth-order valence-corrected chi connectivity index (χ4v) is 3.31. The highest BCUT2D eigenvalue weighted by Crippen LogP contribution is 2.35. The lowest BCUT2D eigenvalue weighted by molar-refractivity contribution is 0.297. The van der Waals surface area contributed by atoms with Crippen molar-refractivity contribution in [3.8, 4) is 0 Å². The van der Waals surface area contributed by atoms with E-state index in [1.165, 1.54) is 24.0 Å². The lowest BCUT2D eigenvalue weighted by Gasteiger charge is -2.29. The smallest absolute Gasteiger partial charge is 0.0689 e. The predicted octanol–water partition coefficient (Wildman–Crippen LogP) is 4.51. The molecule has 1 saturated heterocycles. The summed E-state index contributed by atoms with van der Waals surface area (Å²) in [6.07, 6.45) is 2.53.